The van der Waals surface area contributed by atoms with E-state index in [1.807, 2.05) is 23.1 Å². The highest BCUT2D eigenvalue weighted by Crippen LogP contribution is 2.20. The first-order chi connectivity index (χ1) is 11.0. The van der Waals surface area contributed by atoms with Gasteiger partial charge >= 0.3 is 0 Å². The van der Waals surface area contributed by atoms with Crippen molar-refractivity contribution in [2.24, 2.45) is 0 Å². The van der Waals surface area contributed by atoms with Crippen LogP contribution in [0.3, 0.4) is 0 Å². The summed E-state index contributed by atoms with van der Waals surface area (Å²) in [5, 5.41) is 0. The van der Waals surface area contributed by atoms with Crippen LogP contribution < -0.4 is 0 Å². The molecule has 0 aliphatic carbocycles. The van der Waals surface area contributed by atoms with Crippen LogP contribution in [-0.4, -0.2) is 48.3 Å². The van der Waals surface area contributed by atoms with Gasteiger partial charge in [0, 0.05) is 30.9 Å². The van der Waals surface area contributed by atoms with Crippen molar-refractivity contribution in [3.8, 4) is 0 Å². The van der Waals surface area contributed by atoms with E-state index in [2.05, 4.69) is 11.9 Å². The van der Waals surface area contributed by atoms with Crippen LogP contribution in [0.1, 0.15) is 44.7 Å². The number of sulfone groups is 1. The lowest BCUT2D eigenvalue weighted by Crippen LogP contribution is -2.41. The maximum Gasteiger partial charge on any atom is 0.222 e. The summed E-state index contributed by atoms with van der Waals surface area (Å²) < 4.78 is 23.4. The number of amides is 1. The molecule has 1 saturated heterocycles. The highest BCUT2D eigenvalue weighted by Gasteiger charge is 2.33. The number of aryl methyl sites for hydroxylation is 1. The Morgan fingerprint density at radius 2 is 2.17 bits per heavy atom. The van der Waals surface area contributed by atoms with Crippen molar-refractivity contribution in [3.05, 3.63) is 30.1 Å². The molecule has 1 atom stereocenters. The second-order valence-corrected chi connectivity index (χ2v) is 8.40. The number of aromatic nitrogens is 1. The van der Waals surface area contributed by atoms with Gasteiger partial charge in [-0.25, -0.2) is 8.42 Å². The van der Waals surface area contributed by atoms with E-state index >= 15 is 0 Å². The summed E-state index contributed by atoms with van der Waals surface area (Å²) in [4.78, 5) is 18.6. The number of carbonyl (C=O) groups is 1. The lowest BCUT2D eigenvalue weighted by molar-refractivity contribution is -0.133. The molecule has 0 saturated carbocycles. The van der Waals surface area contributed by atoms with Crippen LogP contribution in [0.25, 0.3) is 0 Å². The van der Waals surface area contributed by atoms with E-state index < -0.39 is 9.84 Å². The molecule has 1 aromatic rings. The zero-order valence-electron chi connectivity index (χ0n) is 13.8. The van der Waals surface area contributed by atoms with E-state index in [-0.39, 0.29) is 23.5 Å². The van der Waals surface area contributed by atoms with Gasteiger partial charge in [0.1, 0.15) is 0 Å². The summed E-state index contributed by atoms with van der Waals surface area (Å²) in [6, 6.07) is 5.65. The molecule has 0 bridgehead atoms. The van der Waals surface area contributed by atoms with Crippen molar-refractivity contribution >= 4 is 15.7 Å². The van der Waals surface area contributed by atoms with Gasteiger partial charge in [-0.3, -0.25) is 9.78 Å². The van der Waals surface area contributed by atoms with Gasteiger partial charge in [-0.05, 0) is 37.8 Å². The first-order valence-corrected chi connectivity index (χ1v) is 10.2. The summed E-state index contributed by atoms with van der Waals surface area (Å²) >= 11 is 0. The van der Waals surface area contributed by atoms with Crippen LogP contribution >= 0.6 is 0 Å². The van der Waals surface area contributed by atoms with Crippen molar-refractivity contribution in [1.82, 2.24) is 9.88 Å². The molecule has 128 valence electrons. The van der Waals surface area contributed by atoms with E-state index in [1.165, 1.54) is 0 Å². The van der Waals surface area contributed by atoms with Gasteiger partial charge < -0.3 is 4.90 Å². The van der Waals surface area contributed by atoms with Crippen LogP contribution in [0, 0.1) is 0 Å². The fraction of sp³-hybridized carbons (Fsp3) is 0.647. The van der Waals surface area contributed by atoms with Crippen molar-refractivity contribution in [2.75, 3.05) is 18.1 Å². The molecule has 0 aromatic carbocycles. The second kappa shape index (κ2) is 8.43. The van der Waals surface area contributed by atoms with E-state index in [1.54, 1.807) is 6.20 Å². The standard InChI is InChI=1S/C17H26N2O3S/c1-2-3-12-19(16-10-13-23(21,22)14-16)17(20)9-6-8-15-7-4-5-11-18-15/h4-5,7,11,16H,2-3,6,8-10,12-14H2,1H3. The molecule has 1 aliphatic rings. The summed E-state index contributed by atoms with van der Waals surface area (Å²) in [6.45, 7) is 2.74. The molecule has 2 rings (SSSR count). The summed E-state index contributed by atoms with van der Waals surface area (Å²) in [6.07, 6.45) is 6.23. The maximum atomic E-state index is 12.5. The molecule has 5 nitrogen and oxygen atoms in total. The number of hydrogen-bond donors (Lipinski definition) is 0. The Bertz CT molecular complexity index is 602. The number of nitrogens with zero attached hydrogens (tertiary/aromatic N) is 2. The van der Waals surface area contributed by atoms with Gasteiger partial charge in [0.25, 0.3) is 0 Å². The largest absolute Gasteiger partial charge is 0.339 e. The van der Waals surface area contributed by atoms with E-state index in [9.17, 15) is 13.2 Å². The van der Waals surface area contributed by atoms with Gasteiger partial charge in [0.2, 0.25) is 5.91 Å². The quantitative estimate of drug-likeness (QED) is 0.729. The molecule has 0 spiro atoms. The molecule has 1 aromatic heterocycles. The van der Waals surface area contributed by atoms with Gasteiger partial charge in [0.15, 0.2) is 9.84 Å². The Kier molecular flexibility index (Phi) is 6.57. The fourth-order valence-corrected chi connectivity index (χ4v) is 4.70. The van der Waals surface area contributed by atoms with E-state index in [0.717, 1.165) is 31.4 Å². The first kappa shape index (κ1) is 17.9. The van der Waals surface area contributed by atoms with E-state index in [4.69, 9.17) is 0 Å². The van der Waals surface area contributed by atoms with Crippen LogP contribution in [0.5, 0.6) is 0 Å². The molecule has 1 unspecified atom stereocenters. The number of carbonyl (C=O) groups excluding carboxylic acids is 1. The van der Waals surface area contributed by atoms with Crippen LogP contribution in [0.2, 0.25) is 0 Å². The molecule has 1 aliphatic heterocycles. The number of hydrogen-bond acceptors (Lipinski definition) is 4. The van der Waals surface area contributed by atoms with E-state index in [0.29, 0.717) is 19.4 Å². The zero-order valence-corrected chi connectivity index (χ0v) is 14.6. The Labute approximate surface area is 139 Å². The van der Waals surface area contributed by atoms with Crippen molar-refractivity contribution in [1.29, 1.82) is 0 Å². The van der Waals surface area contributed by atoms with Crippen LogP contribution in [0.15, 0.2) is 24.4 Å². The minimum atomic E-state index is -2.97. The average molecular weight is 338 g/mol. The lowest BCUT2D eigenvalue weighted by atomic mass is 10.1. The minimum absolute atomic E-state index is 0.0801. The van der Waals surface area contributed by atoms with Crippen molar-refractivity contribution < 1.29 is 13.2 Å². The molecule has 2 heterocycles. The Hall–Kier alpha value is -1.43. The van der Waals surface area contributed by atoms with Crippen LogP contribution in [0.4, 0.5) is 0 Å². The Morgan fingerprint density at radius 3 is 2.78 bits per heavy atom. The normalized spacial score (nSPS) is 19.6. The molecule has 6 heteroatoms. The number of unbranched alkanes of at least 4 members (excludes halogenated alkanes) is 1. The maximum absolute atomic E-state index is 12.5. The molecule has 1 fully saturated rings. The molecule has 23 heavy (non-hydrogen) atoms. The van der Waals surface area contributed by atoms with Gasteiger partial charge in [0.05, 0.1) is 11.5 Å². The monoisotopic (exact) mass is 338 g/mol. The highest BCUT2D eigenvalue weighted by molar-refractivity contribution is 7.91. The molecular weight excluding hydrogens is 312 g/mol. The number of rotatable bonds is 8. The van der Waals surface area contributed by atoms with Gasteiger partial charge in [-0.2, -0.15) is 0 Å². The predicted octanol–water partition coefficient (Wildman–Crippen LogP) is 2.22. The molecule has 1 amide bonds. The third-order valence-corrected chi connectivity index (χ3v) is 6.02. The minimum Gasteiger partial charge on any atom is -0.339 e. The third kappa shape index (κ3) is 5.61. The number of pyridine rings is 1. The Balaban J connectivity index is 1.88. The molecule has 0 N–H and O–H groups in total. The highest BCUT2D eigenvalue weighted by atomic mass is 32.2. The summed E-state index contributed by atoms with van der Waals surface area (Å²) in [5.74, 6) is 0.418. The second-order valence-electron chi connectivity index (χ2n) is 6.17. The lowest BCUT2D eigenvalue weighted by Gasteiger charge is -2.28. The molecular formula is C17H26N2O3S. The average Bonchev–Trinajstić information content (AvgIpc) is 2.88. The van der Waals surface area contributed by atoms with Crippen molar-refractivity contribution in [3.63, 3.8) is 0 Å². The SMILES string of the molecule is CCCCN(C(=O)CCCc1ccccn1)C1CCS(=O)(=O)C1. The third-order valence-electron chi connectivity index (χ3n) is 4.27. The zero-order chi connectivity index (χ0) is 16.7. The van der Waals surface area contributed by atoms with Crippen LogP contribution in [-0.2, 0) is 21.1 Å². The molecule has 0 radical (unpaired) electrons. The predicted molar refractivity (Wildman–Crippen MR) is 90.9 cm³/mol. The summed E-state index contributed by atoms with van der Waals surface area (Å²) in [5.41, 5.74) is 0.990. The topological polar surface area (TPSA) is 67.3 Å². The van der Waals surface area contributed by atoms with Crippen molar-refractivity contribution in [2.45, 2.75) is 51.5 Å². The summed E-state index contributed by atoms with van der Waals surface area (Å²) in [7, 11) is -2.97. The Morgan fingerprint density at radius 1 is 1.35 bits per heavy atom. The smallest absolute Gasteiger partial charge is 0.222 e. The first-order valence-electron chi connectivity index (χ1n) is 8.41. The van der Waals surface area contributed by atoms with Gasteiger partial charge in [-0.15, -0.1) is 0 Å². The fourth-order valence-electron chi connectivity index (χ4n) is 2.97. The van der Waals surface area contributed by atoms with Gasteiger partial charge in [-0.1, -0.05) is 19.4 Å².